The molecule has 1 fully saturated rings. The van der Waals surface area contributed by atoms with Gasteiger partial charge in [-0.1, -0.05) is 48.0 Å². The summed E-state index contributed by atoms with van der Waals surface area (Å²) in [6, 6.07) is 19.4. The maximum absolute atomic E-state index is 13.1. The Bertz CT molecular complexity index is 1570. The van der Waals surface area contributed by atoms with Crippen LogP contribution in [0.2, 0.25) is 5.02 Å². The summed E-state index contributed by atoms with van der Waals surface area (Å²) >= 11 is 6.18. The number of ether oxygens (including phenoxy) is 1. The van der Waals surface area contributed by atoms with Crippen molar-refractivity contribution in [1.82, 2.24) is 21.5 Å². The zero-order chi connectivity index (χ0) is 31.2. The van der Waals surface area contributed by atoms with Crippen molar-refractivity contribution in [2.75, 3.05) is 25.1 Å². The molecule has 2 aliphatic heterocycles. The molecule has 5 rings (SSSR count). The molecule has 0 saturated carbocycles. The van der Waals surface area contributed by atoms with Gasteiger partial charge in [0, 0.05) is 41.0 Å². The molecule has 3 unspecified atom stereocenters. The van der Waals surface area contributed by atoms with E-state index >= 15 is 0 Å². The van der Waals surface area contributed by atoms with Gasteiger partial charge in [0.2, 0.25) is 11.8 Å². The Balaban J connectivity index is 1.26. The van der Waals surface area contributed by atoms with Crippen molar-refractivity contribution in [1.29, 1.82) is 0 Å². The van der Waals surface area contributed by atoms with E-state index in [1.54, 1.807) is 37.5 Å². The molecule has 0 spiro atoms. The minimum atomic E-state index is -1.58. The van der Waals surface area contributed by atoms with Gasteiger partial charge in [-0.3, -0.25) is 14.6 Å². The highest BCUT2D eigenvalue weighted by atomic mass is 35.5. The molecule has 2 heterocycles. The first-order valence-corrected chi connectivity index (χ1v) is 14.6. The lowest BCUT2D eigenvalue weighted by atomic mass is 9.79. The number of hydrazine groups is 1. The summed E-state index contributed by atoms with van der Waals surface area (Å²) in [5.74, 6) is 0.151. The molecule has 3 aromatic rings. The number of hydrogen-bond donors (Lipinski definition) is 6. The predicted octanol–water partition coefficient (Wildman–Crippen LogP) is 1.17. The van der Waals surface area contributed by atoms with Crippen LogP contribution in [0.4, 0.5) is 5.69 Å². The van der Waals surface area contributed by atoms with Crippen LogP contribution >= 0.6 is 11.6 Å². The van der Waals surface area contributed by atoms with Gasteiger partial charge < -0.3 is 30.3 Å². The van der Waals surface area contributed by atoms with E-state index in [9.17, 15) is 19.6 Å². The van der Waals surface area contributed by atoms with E-state index < -0.39 is 13.2 Å². The number of carbonyl (C=O) groups is 2. The van der Waals surface area contributed by atoms with Gasteiger partial charge in [-0.15, -0.1) is 0 Å². The highest BCUT2D eigenvalue weighted by Crippen LogP contribution is 2.36. The van der Waals surface area contributed by atoms with E-state index in [4.69, 9.17) is 21.3 Å². The van der Waals surface area contributed by atoms with Crippen LogP contribution in [0.5, 0.6) is 5.75 Å². The number of nitrogens with zero attached hydrogens (tertiary/aromatic N) is 2. The lowest BCUT2D eigenvalue weighted by Gasteiger charge is -2.31. The Morgan fingerprint density at radius 2 is 1.84 bits per heavy atom. The first-order valence-electron chi connectivity index (χ1n) is 14.2. The SMILES string of the molecule is COc1ccc2c(c1)C(c1ccc(Cl)cc1)=NC(CC(=O)NCCNC(=O)C=Cc1cccc(B(O)O)c1)C1NNC(C)N21. The van der Waals surface area contributed by atoms with Crippen molar-refractivity contribution >= 4 is 53.5 Å². The molecule has 3 atom stereocenters. The molecule has 6 N–H and O–H groups in total. The number of halogens is 1. The highest BCUT2D eigenvalue weighted by Gasteiger charge is 2.40. The summed E-state index contributed by atoms with van der Waals surface area (Å²) in [5.41, 5.74) is 11.0. The second kappa shape index (κ2) is 14.1. The van der Waals surface area contributed by atoms with Crippen LogP contribution < -0.4 is 36.6 Å². The smallest absolute Gasteiger partial charge is 0.488 e. The Hall–Kier alpha value is -4.20. The number of nitrogens with one attached hydrogen (secondary N) is 4. The van der Waals surface area contributed by atoms with Crippen molar-refractivity contribution in [3.63, 3.8) is 0 Å². The number of fused-ring (bicyclic) bond motifs is 3. The second-order valence-corrected chi connectivity index (χ2v) is 10.9. The van der Waals surface area contributed by atoms with Crippen LogP contribution in [0.25, 0.3) is 6.08 Å². The summed E-state index contributed by atoms with van der Waals surface area (Å²) < 4.78 is 5.53. The minimum Gasteiger partial charge on any atom is -0.497 e. The number of benzene rings is 3. The number of methoxy groups -OCH3 is 1. The van der Waals surface area contributed by atoms with Gasteiger partial charge in [-0.05, 0) is 54.4 Å². The van der Waals surface area contributed by atoms with Gasteiger partial charge in [0.1, 0.15) is 11.9 Å². The molecule has 3 aromatic carbocycles. The summed E-state index contributed by atoms with van der Waals surface area (Å²) in [6.07, 6.45) is 2.65. The van der Waals surface area contributed by atoms with Gasteiger partial charge >= 0.3 is 7.12 Å². The van der Waals surface area contributed by atoms with Crippen molar-refractivity contribution < 1.29 is 24.4 Å². The van der Waals surface area contributed by atoms with Crippen LogP contribution in [0.1, 0.15) is 30.0 Å². The molecular formula is C31H34BClN6O5. The van der Waals surface area contributed by atoms with Crippen molar-refractivity contribution in [3.05, 3.63) is 94.5 Å². The van der Waals surface area contributed by atoms with E-state index in [0.29, 0.717) is 21.8 Å². The average Bonchev–Trinajstić information content (AvgIpc) is 3.35. The first-order chi connectivity index (χ1) is 21.2. The van der Waals surface area contributed by atoms with E-state index in [2.05, 4.69) is 26.4 Å². The van der Waals surface area contributed by atoms with Gasteiger partial charge in [-0.2, -0.15) is 0 Å². The zero-order valence-corrected chi connectivity index (χ0v) is 25.1. The molecule has 0 bridgehead atoms. The number of hydrogen-bond acceptors (Lipinski definition) is 9. The van der Waals surface area contributed by atoms with Gasteiger partial charge in [0.15, 0.2) is 0 Å². The molecule has 0 radical (unpaired) electrons. The number of amides is 2. The summed E-state index contributed by atoms with van der Waals surface area (Å²) in [7, 11) is 0.0380. The fraction of sp³-hybridized carbons (Fsp3) is 0.258. The third kappa shape index (κ3) is 7.29. The Kier molecular flexibility index (Phi) is 9.98. The molecule has 2 amide bonds. The molecule has 0 aromatic heterocycles. The van der Waals surface area contributed by atoms with Crippen molar-refractivity contribution in [2.45, 2.75) is 31.7 Å². The van der Waals surface area contributed by atoms with E-state index in [1.807, 2.05) is 49.4 Å². The standard InChI is InChI=1S/C31H34BClN6O5/c1-19-37-38-31-26(18-29(41)35-15-14-34-28(40)13-6-20-4-3-5-22(16-20)32(42)43)36-30(21-7-9-23(33)10-8-21)25-17-24(44-2)11-12-27(25)39(19)31/h3-13,16-17,19,26,31,37-38,42-43H,14-15,18H2,1-2H3,(H,34,40)(H,35,41). The third-order valence-electron chi connectivity index (χ3n) is 7.45. The maximum Gasteiger partial charge on any atom is 0.488 e. The maximum atomic E-state index is 13.1. The number of anilines is 1. The predicted molar refractivity (Wildman–Crippen MR) is 172 cm³/mol. The molecule has 44 heavy (non-hydrogen) atoms. The second-order valence-electron chi connectivity index (χ2n) is 10.5. The van der Waals surface area contributed by atoms with E-state index in [1.165, 1.54) is 6.08 Å². The lowest BCUT2D eigenvalue weighted by Crippen LogP contribution is -2.48. The normalized spacial score (nSPS) is 19.1. The molecule has 1 saturated heterocycles. The molecule has 0 aliphatic carbocycles. The Morgan fingerprint density at radius 3 is 2.59 bits per heavy atom. The minimum absolute atomic E-state index is 0.0723. The number of aliphatic imine (C=N–C) groups is 1. The van der Waals surface area contributed by atoms with E-state index in [0.717, 1.165) is 22.5 Å². The fourth-order valence-electron chi connectivity index (χ4n) is 5.29. The van der Waals surface area contributed by atoms with Crippen LogP contribution in [-0.4, -0.2) is 73.3 Å². The summed E-state index contributed by atoms with van der Waals surface area (Å²) in [5, 5.41) is 24.9. The highest BCUT2D eigenvalue weighted by molar-refractivity contribution is 6.58. The van der Waals surface area contributed by atoms with Crippen molar-refractivity contribution in [3.8, 4) is 5.75 Å². The van der Waals surface area contributed by atoms with Crippen LogP contribution in [-0.2, 0) is 9.59 Å². The largest absolute Gasteiger partial charge is 0.497 e. The number of carbonyl (C=O) groups excluding carboxylic acids is 2. The van der Waals surface area contributed by atoms with Gasteiger partial charge in [0.25, 0.3) is 0 Å². The van der Waals surface area contributed by atoms with Crippen molar-refractivity contribution in [2.24, 2.45) is 4.99 Å². The summed E-state index contributed by atoms with van der Waals surface area (Å²) in [4.78, 5) is 32.7. The van der Waals surface area contributed by atoms with Crippen LogP contribution in [0.3, 0.4) is 0 Å². The molecule has 2 aliphatic rings. The fourth-order valence-corrected chi connectivity index (χ4v) is 5.41. The third-order valence-corrected chi connectivity index (χ3v) is 7.70. The molecule has 13 heteroatoms. The Labute approximate surface area is 261 Å². The topological polar surface area (TPSA) is 148 Å². The van der Waals surface area contributed by atoms with Crippen LogP contribution in [0, 0.1) is 0 Å². The first kappa shape index (κ1) is 31.2. The summed E-state index contributed by atoms with van der Waals surface area (Å²) in [6.45, 7) is 2.50. The molecule has 228 valence electrons. The molecular weight excluding hydrogens is 583 g/mol. The van der Waals surface area contributed by atoms with Gasteiger partial charge in [0.05, 0.1) is 31.4 Å². The number of rotatable bonds is 10. The monoisotopic (exact) mass is 616 g/mol. The quantitative estimate of drug-likeness (QED) is 0.113. The average molecular weight is 617 g/mol. The molecule has 11 nitrogen and oxygen atoms in total. The Morgan fingerprint density at radius 1 is 1.07 bits per heavy atom. The van der Waals surface area contributed by atoms with Gasteiger partial charge in [-0.25, -0.2) is 10.9 Å². The van der Waals surface area contributed by atoms with E-state index in [-0.39, 0.29) is 43.7 Å². The zero-order valence-electron chi connectivity index (χ0n) is 24.3. The lowest BCUT2D eigenvalue weighted by molar-refractivity contribution is -0.122. The van der Waals surface area contributed by atoms with Crippen LogP contribution in [0.15, 0.2) is 77.8 Å².